The second-order valence-corrected chi connectivity index (χ2v) is 7.15. The Morgan fingerprint density at radius 3 is 2.52 bits per heavy atom. The lowest BCUT2D eigenvalue weighted by Crippen LogP contribution is -2.46. The highest BCUT2D eigenvalue weighted by Crippen LogP contribution is 2.41. The molecule has 25 heavy (non-hydrogen) atoms. The topological polar surface area (TPSA) is 32.8 Å². The average Bonchev–Trinajstić information content (AvgIpc) is 2.85. The second-order valence-electron chi connectivity index (χ2n) is 7.15. The summed E-state index contributed by atoms with van der Waals surface area (Å²) in [4.78, 5) is 16.4. The molecule has 4 nitrogen and oxygen atoms in total. The molecule has 0 radical (unpaired) electrons. The molecular formula is C20H27FN2O2. The number of carbonyl (C=O) groups is 1. The van der Waals surface area contributed by atoms with Crippen molar-refractivity contribution < 1.29 is 13.9 Å². The van der Waals surface area contributed by atoms with Crippen LogP contribution in [0.2, 0.25) is 0 Å². The third-order valence-electron chi connectivity index (χ3n) is 5.62. The third kappa shape index (κ3) is 3.56. The van der Waals surface area contributed by atoms with Crippen LogP contribution in [-0.4, -0.2) is 47.2 Å². The molecule has 5 heteroatoms. The van der Waals surface area contributed by atoms with Crippen LogP contribution in [0.5, 0.6) is 0 Å². The SMILES string of the molecule is C=C1N(C(C)CC)C(=O)OC12CCN(CCc1ccc(F)cc1)CC2. The van der Waals surface area contributed by atoms with Gasteiger partial charge in [0.15, 0.2) is 5.60 Å². The van der Waals surface area contributed by atoms with Crippen LogP contribution in [0, 0.1) is 5.82 Å². The Balaban J connectivity index is 1.55. The van der Waals surface area contributed by atoms with Crippen LogP contribution in [0.3, 0.4) is 0 Å². The number of amides is 1. The molecule has 2 aliphatic rings. The Bertz CT molecular complexity index is 636. The number of benzene rings is 1. The first-order chi connectivity index (χ1) is 11.9. The molecule has 1 unspecified atom stereocenters. The van der Waals surface area contributed by atoms with Crippen molar-refractivity contribution in [3.8, 4) is 0 Å². The van der Waals surface area contributed by atoms with Gasteiger partial charge in [-0.1, -0.05) is 25.6 Å². The highest BCUT2D eigenvalue weighted by molar-refractivity contribution is 5.75. The van der Waals surface area contributed by atoms with E-state index in [0.29, 0.717) is 0 Å². The lowest BCUT2D eigenvalue weighted by Gasteiger charge is -2.38. The number of piperidine rings is 1. The molecule has 1 aromatic rings. The van der Waals surface area contributed by atoms with Gasteiger partial charge in [0.1, 0.15) is 5.82 Å². The Morgan fingerprint density at radius 2 is 1.92 bits per heavy atom. The number of ether oxygens (including phenoxy) is 1. The molecule has 136 valence electrons. The van der Waals surface area contributed by atoms with Crippen molar-refractivity contribution in [2.45, 2.75) is 51.2 Å². The van der Waals surface area contributed by atoms with Crippen LogP contribution >= 0.6 is 0 Å². The maximum Gasteiger partial charge on any atom is 0.415 e. The monoisotopic (exact) mass is 346 g/mol. The molecule has 1 aromatic carbocycles. The second kappa shape index (κ2) is 7.16. The number of nitrogens with zero attached hydrogens (tertiary/aromatic N) is 2. The number of halogens is 1. The molecule has 0 saturated carbocycles. The van der Waals surface area contributed by atoms with Gasteiger partial charge >= 0.3 is 6.09 Å². The fraction of sp³-hybridized carbons (Fsp3) is 0.550. The molecule has 1 atom stereocenters. The van der Waals surface area contributed by atoms with Gasteiger partial charge in [0, 0.05) is 38.5 Å². The Kier molecular flexibility index (Phi) is 5.13. The summed E-state index contributed by atoms with van der Waals surface area (Å²) in [5.41, 5.74) is 1.44. The van der Waals surface area contributed by atoms with Gasteiger partial charge in [-0.15, -0.1) is 0 Å². The first-order valence-corrected chi connectivity index (χ1v) is 9.13. The summed E-state index contributed by atoms with van der Waals surface area (Å²) < 4.78 is 18.8. The summed E-state index contributed by atoms with van der Waals surface area (Å²) in [6, 6.07) is 6.81. The summed E-state index contributed by atoms with van der Waals surface area (Å²) in [6.07, 6.45) is 3.10. The number of carbonyl (C=O) groups excluding carboxylic acids is 1. The summed E-state index contributed by atoms with van der Waals surface area (Å²) in [5, 5.41) is 0. The molecular weight excluding hydrogens is 319 g/mol. The minimum Gasteiger partial charge on any atom is -0.436 e. The lowest BCUT2D eigenvalue weighted by atomic mass is 9.88. The quantitative estimate of drug-likeness (QED) is 0.809. The predicted molar refractivity (Wildman–Crippen MR) is 95.7 cm³/mol. The molecule has 0 bridgehead atoms. The van der Waals surface area contributed by atoms with E-state index in [9.17, 15) is 9.18 Å². The van der Waals surface area contributed by atoms with Crippen molar-refractivity contribution >= 4 is 6.09 Å². The molecule has 2 aliphatic heterocycles. The smallest absolute Gasteiger partial charge is 0.415 e. The normalized spacial score (nSPS) is 21.6. The number of rotatable bonds is 5. The number of hydrogen-bond donors (Lipinski definition) is 0. The van der Waals surface area contributed by atoms with Gasteiger partial charge in [-0.05, 0) is 37.5 Å². The minimum absolute atomic E-state index is 0.121. The van der Waals surface area contributed by atoms with E-state index in [1.54, 1.807) is 4.90 Å². The van der Waals surface area contributed by atoms with Gasteiger partial charge in [0.25, 0.3) is 0 Å². The summed E-state index contributed by atoms with van der Waals surface area (Å²) in [6.45, 7) is 11.0. The molecule has 1 amide bonds. The van der Waals surface area contributed by atoms with Crippen LogP contribution in [0.1, 0.15) is 38.7 Å². The summed E-state index contributed by atoms with van der Waals surface area (Å²) >= 11 is 0. The van der Waals surface area contributed by atoms with Crippen molar-refractivity contribution in [1.82, 2.24) is 9.80 Å². The Morgan fingerprint density at radius 1 is 1.28 bits per heavy atom. The fourth-order valence-corrected chi connectivity index (χ4v) is 3.70. The van der Waals surface area contributed by atoms with Crippen LogP contribution < -0.4 is 0 Å². The highest BCUT2D eigenvalue weighted by Gasteiger charge is 2.51. The van der Waals surface area contributed by atoms with Crippen LogP contribution in [0.15, 0.2) is 36.5 Å². The van der Waals surface area contributed by atoms with Gasteiger partial charge < -0.3 is 9.64 Å². The van der Waals surface area contributed by atoms with E-state index in [1.807, 2.05) is 19.1 Å². The van der Waals surface area contributed by atoms with Gasteiger partial charge in [0.05, 0.1) is 5.70 Å². The molecule has 3 rings (SSSR count). The van der Waals surface area contributed by atoms with Crippen LogP contribution in [-0.2, 0) is 11.2 Å². The van der Waals surface area contributed by atoms with Crippen molar-refractivity contribution in [1.29, 1.82) is 0 Å². The minimum atomic E-state index is -0.521. The zero-order valence-electron chi connectivity index (χ0n) is 15.1. The molecule has 2 heterocycles. The predicted octanol–water partition coefficient (Wildman–Crippen LogP) is 3.97. The Hall–Kier alpha value is -1.88. The van der Waals surface area contributed by atoms with Gasteiger partial charge in [-0.3, -0.25) is 4.90 Å². The standard InChI is InChI=1S/C20H27FN2O2/c1-4-15(2)23-16(3)20(25-19(23)24)10-13-22(14-11-20)12-9-17-5-7-18(21)8-6-17/h5-8,15H,3-4,9-14H2,1-2H3. The fourth-order valence-electron chi connectivity index (χ4n) is 3.70. The van der Waals surface area contributed by atoms with E-state index in [1.165, 1.54) is 12.1 Å². The third-order valence-corrected chi connectivity index (χ3v) is 5.62. The molecule has 2 fully saturated rings. The van der Waals surface area contributed by atoms with E-state index in [-0.39, 0.29) is 18.0 Å². The molecule has 0 aromatic heterocycles. The van der Waals surface area contributed by atoms with Crippen molar-refractivity contribution in [3.63, 3.8) is 0 Å². The molecule has 1 spiro atoms. The maximum atomic E-state index is 13.0. The van der Waals surface area contributed by atoms with Crippen molar-refractivity contribution in [3.05, 3.63) is 47.9 Å². The van der Waals surface area contributed by atoms with E-state index in [4.69, 9.17) is 4.74 Å². The highest BCUT2D eigenvalue weighted by atomic mass is 19.1. The van der Waals surface area contributed by atoms with E-state index >= 15 is 0 Å². The molecule has 2 saturated heterocycles. The lowest BCUT2D eigenvalue weighted by molar-refractivity contribution is 0.0149. The van der Waals surface area contributed by atoms with Crippen LogP contribution in [0.4, 0.5) is 9.18 Å². The van der Waals surface area contributed by atoms with E-state index < -0.39 is 5.60 Å². The van der Waals surface area contributed by atoms with E-state index in [0.717, 1.165) is 56.6 Å². The Labute approximate surface area is 149 Å². The van der Waals surface area contributed by atoms with Crippen molar-refractivity contribution in [2.75, 3.05) is 19.6 Å². The largest absolute Gasteiger partial charge is 0.436 e. The molecule has 0 N–H and O–H groups in total. The zero-order chi connectivity index (χ0) is 18.0. The maximum absolute atomic E-state index is 13.0. The average molecular weight is 346 g/mol. The van der Waals surface area contributed by atoms with E-state index in [2.05, 4.69) is 18.4 Å². The summed E-state index contributed by atoms with van der Waals surface area (Å²) in [5.74, 6) is -0.198. The van der Waals surface area contributed by atoms with Gasteiger partial charge in [0.2, 0.25) is 0 Å². The van der Waals surface area contributed by atoms with Crippen molar-refractivity contribution in [2.24, 2.45) is 0 Å². The summed E-state index contributed by atoms with van der Waals surface area (Å²) in [7, 11) is 0. The van der Waals surface area contributed by atoms with Gasteiger partial charge in [-0.2, -0.15) is 0 Å². The molecule has 0 aliphatic carbocycles. The first kappa shape index (κ1) is 17.9. The van der Waals surface area contributed by atoms with Crippen LogP contribution in [0.25, 0.3) is 0 Å². The van der Waals surface area contributed by atoms with Gasteiger partial charge in [-0.25, -0.2) is 9.18 Å². The zero-order valence-corrected chi connectivity index (χ0v) is 15.1. The number of likely N-dealkylation sites (tertiary alicyclic amines) is 1. The first-order valence-electron chi connectivity index (χ1n) is 9.13. The number of hydrogen-bond acceptors (Lipinski definition) is 3.